The van der Waals surface area contributed by atoms with E-state index in [0.29, 0.717) is 28.4 Å². The maximum Gasteiger partial charge on any atom is 0.261 e. The van der Waals surface area contributed by atoms with Gasteiger partial charge in [-0.25, -0.2) is 15.0 Å². The van der Waals surface area contributed by atoms with Gasteiger partial charge in [-0.05, 0) is 30.7 Å². The van der Waals surface area contributed by atoms with Gasteiger partial charge in [0.05, 0.1) is 24.3 Å². The van der Waals surface area contributed by atoms with Crippen LogP contribution < -0.4 is 14.4 Å². The van der Waals surface area contributed by atoms with E-state index in [1.54, 1.807) is 25.3 Å². The van der Waals surface area contributed by atoms with E-state index in [9.17, 15) is 4.79 Å². The molecule has 3 aromatic heterocycles. The lowest BCUT2D eigenvalue weighted by atomic mass is 10.2. The van der Waals surface area contributed by atoms with Crippen molar-refractivity contribution in [1.29, 1.82) is 0 Å². The van der Waals surface area contributed by atoms with Crippen molar-refractivity contribution in [2.75, 3.05) is 19.1 Å². The van der Waals surface area contributed by atoms with Crippen LogP contribution in [-0.4, -0.2) is 40.0 Å². The number of benzene rings is 2. The van der Waals surface area contributed by atoms with Gasteiger partial charge in [0.15, 0.2) is 5.76 Å². The third-order valence-corrected chi connectivity index (χ3v) is 5.58. The van der Waals surface area contributed by atoms with Crippen molar-refractivity contribution in [3.63, 3.8) is 0 Å². The van der Waals surface area contributed by atoms with Crippen LogP contribution in [0, 0.1) is 6.92 Å². The highest BCUT2D eigenvalue weighted by Gasteiger charge is 2.16. The molecule has 0 aliphatic carbocycles. The van der Waals surface area contributed by atoms with Gasteiger partial charge in [0.25, 0.3) is 5.91 Å². The van der Waals surface area contributed by atoms with Crippen LogP contribution in [0.4, 0.5) is 5.69 Å². The van der Waals surface area contributed by atoms with Crippen LogP contribution in [0.5, 0.6) is 11.5 Å². The van der Waals surface area contributed by atoms with E-state index >= 15 is 0 Å². The van der Waals surface area contributed by atoms with Crippen LogP contribution >= 0.6 is 0 Å². The summed E-state index contributed by atoms with van der Waals surface area (Å²) in [6.45, 7) is 2.17. The lowest BCUT2D eigenvalue weighted by Gasteiger charge is -2.18. The third-order valence-electron chi connectivity index (χ3n) is 5.58. The van der Waals surface area contributed by atoms with E-state index in [1.807, 2.05) is 49.4 Å². The number of imidazole rings is 1. The minimum absolute atomic E-state index is 0.196. The molecule has 9 heteroatoms. The van der Waals surface area contributed by atoms with E-state index in [-0.39, 0.29) is 12.5 Å². The molecule has 0 fully saturated rings. The molecular weight excluding hydrogens is 446 g/mol. The molecule has 35 heavy (non-hydrogen) atoms. The number of rotatable bonds is 7. The Bertz CT molecular complexity index is 1490. The summed E-state index contributed by atoms with van der Waals surface area (Å²) in [7, 11) is 3.31. The fraction of sp³-hybridized carbons (Fsp3) is 0.154. The van der Waals surface area contributed by atoms with Crippen molar-refractivity contribution < 1.29 is 18.7 Å². The number of carbonyl (C=O) groups is 1. The lowest BCUT2D eigenvalue weighted by Crippen LogP contribution is -2.26. The Kier molecular flexibility index (Phi) is 5.88. The average Bonchev–Trinajstić information content (AvgIpc) is 3.53. The molecule has 176 valence electrons. The second-order valence-corrected chi connectivity index (χ2v) is 7.98. The van der Waals surface area contributed by atoms with Gasteiger partial charge in [-0.15, -0.1) is 0 Å². The highest BCUT2D eigenvalue weighted by Crippen LogP contribution is 2.37. The van der Waals surface area contributed by atoms with E-state index in [2.05, 4.69) is 19.9 Å². The molecule has 0 bridgehead atoms. The summed E-state index contributed by atoms with van der Waals surface area (Å²) in [5.74, 6) is 2.52. The summed E-state index contributed by atoms with van der Waals surface area (Å²) in [6.07, 6.45) is 6.12. The SMILES string of the molecule is COc1cc(OCc2cccc(N(C)C(=O)c3cncnc3)c2)c2cc(-c3cnc(C)[nH]3)oc2c1. The molecule has 0 radical (unpaired) electrons. The molecule has 5 rings (SSSR count). The van der Waals surface area contributed by atoms with Gasteiger partial charge in [0.1, 0.15) is 41.5 Å². The molecule has 0 saturated carbocycles. The Morgan fingerprint density at radius 1 is 1.11 bits per heavy atom. The molecule has 0 saturated heterocycles. The number of anilines is 1. The second kappa shape index (κ2) is 9.30. The molecule has 2 aromatic carbocycles. The number of nitrogens with one attached hydrogen (secondary N) is 1. The molecular formula is C26H23N5O4. The second-order valence-electron chi connectivity index (χ2n) is 7.98. The zero-order valence-corrected chi connectivity index (χ0v) is 19.5. The lowest BCUT2D eigenvalue weighted by molar-refractivity contribution is 0.0992. The van der Waals surface area contributed by atoms with Gasteiger partial charge < -0.3 is 23.8 Å². The monoisotopic (exact) mass is 469 g/mol. The van der Waals surface area contributed by atoms with Crippen molar-refractivity contribution in [3.05, 3.63) is 84.3 Å². The number of aryl methyl sites for hydroxylation is 1. The Balaban J connectivity index is 1.39. The van der Waals surface area contributed by atoms with Gasteiger partial charge in [-0.2, -0.15) is 0 Å². The van der Waals surface area contributed by atoms with Gasteiger partial charge in [0, 0.05) is 37.3 Å². The standard InChI is InChI=1S/C26H23N5O4/c1-16-29-13-22(30-16)25-10-21-23(8-20(33-3)9-24(21)35-25)34-14-17-5-4-6-19(7-17)31(2)26(32)18-11-27-15-28-12-18/h4-13,15H,14H2,1-3H3,(H,29,30). The first-order valence-corrected chi connectivity index (χ1v) is 10.9. The highest BCUT2D eigenvalue weighted by atomic mass is 16.5. The number of H-pyrrole nitrogens is 1. The first kappa shape index (κ1) is 22.1. The smallest absolute Gasteiger partial charge is 0.261 e. The molecule has 0 unspecified atom stereocenters. The Morgan fingerprint density at radius 2 is 1.94 bits per heavy atom. The maximum atomic E-state index is 12.8. The molecule has 1 N–H and O–H groups in total. The summed E-state index contributed by atoms with van der Waals surface area (Å²) in [4.78, 5) is 29.6. The molecule has 9 nitrogen and oxygen atoms in total. The topological polar surface area (TPSA) is 106 Å². The number of furan rings is 1. The zero-order chi connectivity index (χ0) is 24.4. The predicted molar refractivity (Wildman–Crippen MR) is 131 cm³/mol. The van der Waals surface area contributed by atoms with Crippen LogP contribution in [-0.2, 0) is 6.61 Å². The molecule has 1 amide bonds. The summed E-state index contributed by atoms with van der Waals surface area (Å²) in [6, 6.07) is 13.2. The van der Waals surface area contributed by atoms with Gasteiger partial charge >= 0.3 is 0 Å². The van der Waals surface area contributed by atoms with Crippen molar-refractivity contribution >= 4 is 22.6 Å². The average molecular weight is 470 g/mol. The number of amides is 1. The van der Waals surface area contributed by atoms with Gasteiger partial charge in [0.2, 0.25) is 0 Å². The third kappa shape index (κ3) is 4.56. The van der Waals surface area contributed by atoms with E-state index < -0.39 is 0 Å². The van der Waals surface area contributed by atoms with Crippen LogP contribution in [0.1, 0.15) is 21.7 Å². The fourth-order valence-electron chi connectivity index (χ4n) is 3.74. The molecule has 3 heterocycles. The van der Waals surface area contributed by atoms with Crippen LogP contribution in [0.3, 0.4) is 0 Å². The molecule has 0 spiro atoms. The molecule has 0 aliphatic rings. The number of carbonyl (C=O) groups excluding carboxylic acids is 1. The Morgan fingerprint density at radius 3 is 2.69 bits per heavy atom. The van der Waals surface area contributed by atoms with Crippen LogP contribution in [0.15, 0.2) is 71.8 Å². The number of aromatic nitrogens is 4. The minimum atomic E-state index is -0.196. The van der Waals surface area contributed by atoms with E-state index in [0.717, 1.165) is 28.2 Å². The quantitative estimate of drug-likeness (QED) is 0.365. The number of hydrogen-bond acceptors (Lipinski definition) is 7. The number of nitrogens with zero attached hydrogens (tertiary/aromatic N) is 4. The Hall–Kier alpha value is -4.66. The summed E-state index contributed by atoms with van der Waals surface area (Å²) in [5.41, 5.74) is 3.48. The molecule has 5 aromatic rings. The summed E-state index contributed by atoms with van der Waals surface area (Å²) >= 11 is 0. The highest BCUT2D eigenvalue weighted by molar-refractivity contribution is 6.05. The number of ether oxygens (including phenoxy) is 2. The summed E-state index contributed by atoms with van der Waals surface area (Å²) in [5, 5.41) is 0.820. The Labute approximate surface area is 201 Å². The van der Waals surface area contributed by atoms with Gasteiger partial charge in [-0.1, -0.05) is 12.1 Å². The van der Waals surface area contributed by atoms with Crippen molar-refractivity contribution in [2.45, 2.75) is 13.5 Å². The van der Waals surface area contributed by atoms with Crippen LogP contribution in [0.2, 0.25) is 0 Å². The normalized spacial score (nSPS) is 10.9. The molecule has 0 atom stereocenters. The van der Waals surface area contributed by atoms with Crippen molar-refractivity contribution in [1.82, 2.24) is 19.9 Å². The van der Waals surface area contributed by atoms with Gasteiger partial charge in [-0.3, -0.25) is 4.79 Å². The zero-order valence-electron chi connectivity index (χ0n) is 19.5. The van der Waals surface area contributed by atoms with E-state index in [1.165, 1.54) is 18.7 Å². The maximum absolute atomic E-state index is 12.8. The number of fused-ring (bicyclic) bond motifs is 1. The predicted octanol–water partition coefficient (Wildman–Crippen LogP) is 4.79. The minimum Gasteiger partial charge on any atom is -0.496 e. The molecule has 0 aliphatic heterocycles. The van der Waals surface area contributed by atoms with E-state index in [4.69, 9.17) is 13.9 Å². The first-order chi connectivity index (χ1) is 17.0. The number of methoxy groups -OCH3 is 1. The van der Waals surface area contributed by atoms with Crippen LogP contribution in [0.25, 0.3) is 22.4 Å². The van der Waals surface area contributed by atoms with Crippen molar-refractivity contribution in [2.24, 2.45) is 0 Å². The van der Waals surface area contributed by atoms with Crippen molar-refractivity contribution in [3.8, 4) is 23.0 Å². The largest absolute Gasteiger partial charge is 0.496 e. The summed E-state index contributed by atoms with van der Waals surface area (Å²) < 4.78 is 17.7. The number of aromatic amines is 1. The fourth-order valence-corrected chi connectivity index (χ4v) is 3.74. The first-order valence-electron chi connectivity index (χ1n) is 10.9. The number of hydrogen-bond donors (Lipinski definition) is 1.